The molecular formula is C28H32BrN3O2S. The maximum Gasteiger partial charge on any atom is 0.254 e. The predicted octanol–water partition coefficient (Wildman–Crippen LogP) is 6.20. The highest BCUT2D eigenvalue weighted by molar-refractivity contribution is 9.10. The summed E-state index contributed by atoms with van der Waals surface area (Å²) in [6.45, 7) is 6.96. The molecule has 184 valence electrons. The monoisotopic (exact) mass is 553 g/mol. The first-order valence-corrected chi connectivity index (χ1v) is 14.1. The van der Waals surface area contributed by atoms with E-state index < -0.39 is 11.0 Å². The average molecular weight is 555 g/mol. The van der Waals surface area contributed by atoms with Gasteiger partial charge in [-0.15, -0.1) is 0 Å². The molecule has 35 heavy (non-hydrogen) atoms. The molecule has 0 aliphatic carbocycles. The predicted molar refractivity (Wildman–Crippen MR) is 149 cm³/mol. The summed E-state index contributed by atoms with van der Waals surface area (Å²) in [6.07, 6.45) is 3.39. The molecule has 0 aromatic heterocycles. The zero-order valence-corrected chi connectivity index (χ0v) is 22.7. The third-order valence-electron chi connectivity index (χ3n) is 6.40. The van der Waals surface area contributed by atoms with Gasteiger partial charge in [0.2, 0.25) is 0 Å². The maximum absolute atomic E-state index is 13.4. The van der Waals surface area contributed by atoms with Crippen LogP contribution in [-0.2, 0) is 17.4 Å². The van der Waals surface area contributed by atoms with Crippen molar-refractivity contribution in [1.29, 1.82) is 0 Å². The first-order valence-electron chi connectivity index (χ1n) is 12.1. The Balaban J connectivity index is 1.41. The number of amides is 1. The molecule has 3 aromatic carbocycles. The van der Waals surface area contributed by atoms with E-state index in [1.807, 2.05) is 54.3 Å². The van der Waals surface area contributed by atoms with Gasteiger partial charge in [-0.1, -0.05) is 43.7 Å². The third kappa shape index (κ3) is 6.33. The molecule has 1 unspecified atom stereocenters. The van der Waals surface area contributed by atoms with Gasteiger partial charge >= 0.3 is 0 Å². The highest BCUT2D eigenvalue weighted by atomic mass is 79.9. The van der Waals surface area contributed by atoms with Gasteiger partial charge in [-0.2, -0.15) is 0 Å². The molecule has 5 nitrogen and oxygen atoms in total. The van der Waals surface area contributed by atoms with Crippen LogP contribution in [0.1, 0.15) is 41.3 Å². The molecule has 0 spiro atoms. The van der Waals surface area contributed by atoms with Gasteiger partial charge in [-0.25, -0.2) is 4.21 Å². The molecule has 7 heteroatoms. The maximum atomic E-state index is 13.4. The fourth-order valence-corrected chi connectivity index (χ4v) is 5.68. The van der Waals surface area contributed by atoms with Crippen molar-refractivity contribution >= 4 is 44.2 Å². The van der Waals surface area contributed by atoms with E-state index in [-0.39, 0.29) is 5.91 Å². The molecule has 1 saturated heterocycles. The normalized spacial score (nSPS) is 14.6. The SMILES string of the molecule is CCCCc1ccc(NS(=O)c2ccc(C)c(C(=O)N3CCN(c4ccccc4Br)CC3)c2)cc1. The van der Waals surface area contributed by atoms with E-state index in [0.717, 1.165) is 47.3 Å². The first-order chi connectivity index (χ1) is 17.0. The summed E-state index contributed by atoms with van der Waals surface area (Å²) in [5.41, 5.74) is 4.75. The quantitative estimate of drug-likeness (QED) is 0.361. The van der Waals surface area contributed by atoms with Crippen LogP contribution in [0.25, 0.3) is 0 Å². The number of para-hydroxylation sites is 1. The van der Waals surface area contributed by atoms with Gasteiger partial charge in [0.05, 0.1) is 10.6 Å². The van der Waals surface area contributed by atoms with E-state index in [0.29, 0.717) is 23.5 Å². The first kappa shape index (κ1) is 25.5. The summed E-state index contributed by atoms with van der Waals surface area (Å²) >= 11 is 3.62. The fraction of sp³-hybridized carbons (Fsp3) is 0.321. The summed E-state index contributed by atoms with van der Waals surface area (Å²) in [5, 5.41) is 0. The number of anilines is 2. The minimum atomic E-state index is -1.45. The number of unbranched alkanes of at least 4 members (excludes halogenated alkanes) is 1. The Hall–Kier alpha value is -2.64. The molecule has 1 aliphatic rings. The zero-order valence-electron chi connectivity index (χ0n) is 20.3. The lowest BCUT2D eigenvalue weighted by Crippen LogP contribution is -2.49. The van der Waals surface area contributed by atoms with Crippen molar-refractivity contribution < 1.29 is 9.00 Å². The van der Waals surface area contributed by atoms with Crippen LogP contribution in [0.5, 0.6) is 0 Å². The summed E-state index contributed by atoms with van der Waals surface area (Å²) in [4.78, 5) is 18.2. The van der Waals surface area contributed by atoms with Crippen LogP contribution >= 0.6 is 15.9 Å². The van der Waals surface area contributed by atoms with Crippen molar-refractivity contribution in [2.24, 2.45) is 0 Å². The van der Waals surface area contributed by atoms with Gasteiger partial charge in [0, 0.05) is 41.9 Å². The lowest BCUT2D eigenvalue weighted by molar-refractivity contribution is 0.0745. The standard InChI is InChI=1S/C28H32BrN3O2S/c1-3-4-7-22-11-13-23(14-12-22)30-35(34)24-15-10-21(2)25(20-24)28(33)32-18-16-31(17-19-32)27-9-6-5-8-26(27)29/h5-6,8-15,20,30H,3-4,7,16-19H2,1-2H3. The fourth-order valence-electron chi connectivity index (χ4n) is 4.26. The summed E-state index contributed by atoms with van der Waals surface area (Å²) in [6, 6.07) is 21.7. The summed E-state index contributed by atoms with van der Waals surface area (Å²) in [7, 11) is -1.45. The van der Waals surface area contributed by atoms with Crippen LogP contribution in [0.2, 0.25) is 0 Å². The lowest BCUT2D eigenvalue weighted by Gasteiger charge is -2.36. The molecule has 0 radical (unpaired) electrons. The van der Waals surface area contributed by atoms with E-state index >= 15 is 0 Å². The molecule has 0 bridgehead atoms. The lowest BCUT2D eigenvalue weighted by atomic mass is 10.1. The molecule has 1 heterocycles. The van der Waals surface area contributed by atoms with Gasteiger partial charge in [-0.05, 0) is 83.2 Å². The number of nitrogens with one attached hydrogen (secondary N) is 1. The number of piperazine rings is 1. The summed E-state index contributed by atoms with van der Waals surface area (Å²) in [5.74, 6) is -0.00611. The highest BCUT2D eigenvalue weighted by Crippen LogP contribution is 2.27. The molecule has 1 amide bonds. The van der Waals surface area contributed by atoms with Crippen molar-refractivity contribution in [3.8, 4) is 0 Å². The van der Waals surface area contributed by atoms with Crippen LogP contribution in [0.15, 0.2) is 76.1 Å². The Morgan fingerprint density at radius 2 is 1.71 bits per heavy atom. The van der Waals surface area contributed by atoms with E-state index in [2.05, 4.69) is 50.7 Å². The Bertz CT molecular complexity index is 1190. The number of hydrogen-bond acceptors (Lipinski definition) is 3. The number of halogens is 1. The second-order valence-corrected chi connectivity index (χ2v) is 10.9. The number of rotatable bonds is 8. The minimum absolute atomic E-state index is 0.00611. The molecule has 1 atom stereocenters. The number of benzene rings is 3. The van der Waals surface area contributed by atoms with Crippen molar-refractivity contribution in [3.63, 3.8) is 0 Å². The van der Waals surface area contributed by atoms with Crippen molar-refractivity contribution in [2.75, 3.05) is 35.8 Å². The van der Waals surface area contributed by atoms with E-state index in [1.165, 1.54) is 12.0 Å². The zero-order chi connectivity index (χ0) is 24.8. The number of hydrogen-bond donors (Lipinski definition) is 1. The van der Waals surface area contributed by atoms with Gasteiger partial charge in [0.15, 0.2) is 0 Å². The number of nitrogens with zero attached hydrogens (tertiary/aromatic N) is 2. The largest absolute Gasteiger partial charge is 0.367 e. The molecule has 3 aromatic rings. The molecule has 1 aliphatic heterocycles. The van der Waals surface area contributed by atoms with Gasteiger partial charge in [0.1, 0.15) is 11.0 Å². The van der Waals surface area contributed by atoms with Crippen LogP contribution in [0.4, 0.5) is 11.4 Å². The minimum Gasteiger partial charge on any atom is -0.367 e. The van der Waals surface area contributed by atoms with E-state index in [4.69, 9.17) is 0 Å². The number of carbonyl (C=O) groups excluding carboxylic acids is 1. The number of aryl methyl sites for hydroxylation is 2. The van der Waals surface area contributed by atoms with Crippen LogP contribution < -0.4 is 9.62 Å². The number of carbonyl (C=O) groups is 1. The second-order valence-electron chi connectivity index (χ2n) is 8.88. The Kier molecular flexibility index (Phi) is 8.63. The van der Waals surface area contributed by atoms with Crippen LogP contribution in [-0.4, -0.2) is 41.2 Å². The van der Waals surface area contributed by atoms with E-state index in [9.17, 15) is 9.00 Å². The molecule has 1 fully saturated rings. The molecule has 4 rings (SSSR count). The van der Waals surface area contributed by atoms with Crippen molar-refractivity contribution in [1.82, 2.24) is 4.90 Å². The van der Waals surface area contributed by atoms with Crippen molar-refractivity contribution in [3.05, 3.63) is 87.9 Å². The average Bonchev–Trinajstić information content (AvgIpc) is 2.88. The van der Waals surface area contributed by atoms with Gasteiger partial charge in [0.25, 0.3) is 5.91 Å². The van der Waals surface area contributed by atoms with E-state index in [1.54, 1.807) is 6.07 Å². The smallest absolute Gasteiger partial charge is 0.254 e. The Morgan fingerprint density at radius 1 is 1.00 bits per heavy atom. The molecular weight excluding hydrogens is 522 g/mol. The topological polar surface area (TPSA) is 52.7 Å². The Labute approximate surface area is 219 Å². The second kappa shape index (κ2) is 11.9. The summed E-state index contributed by atoms with van der Waals surface area (Å²) < 4.78 is 17.2. The highest BCUT2D eigenvalue weighted by Gasteiger charge is 2.24. The van der Waals surface area contributed by atoms with Crippen LogP contribution in [0, 0.1) is 6.92 Å². The third-order valence-corrected chi connectivity index (χ3v) is 8.17. The Morgan fingerprint density at radius 3 is 2.40 bits per heavy atom. The van der Waals surface area contributed by atoms with Crippen LogP contribution in [0.3, 0.4) is 0 Å². The van der Waals surface area contributed by atoms with Crippen molar-refractivity contribution in [2.45, 2.75) is 38.0 Å². The molecule has 1 N–H and O–H groups in total. The van der Waals surface area contributed by atoms with Gasteiger partial charge < -0.3 is 14.5 Å². The van der Waals surface area contributed by atoms with Gasteiger partial charge in [-0.3, -0.25) is 4.79 Å². The molecule has 0 saturated carbocycles.